The van der Waals surface area contributed by atoms with E-state index < -0.39 is 5.97 Å². The fourth-order valence-electron chi connectivity index (χ4n) is 2.68. The second kappa shape index (κ2) is 10.5. The van der Waals surface area contributed by atoms with Gasteiger partial charge in [0.1, 0.15) is 13.2 Å². The van der Waals surface area contributed by atoms with Gasteiger partial charge in [-0.3, -0.25) is 14.4 Å². The van der Waals surface area contributed by atoms with Crippen molar-refractivity contribution in [2.75, 3.05) is 26.2 Å². The van der Waals surface area contributed by atoms with Gasteiger partial charge in [0, 0.05) is 20.0 Å². The molecular formula is C19H26N2O6. The molecule has 1 aliphatic rings. The first-order chi connectivity index (χ1) is 13.0. The molecule has 1 saturated heterocycles. The summed E-state index contributed by atoms with van der Waals surface area (Å²) in [7, 11) is 0. The third kappa shape index (κ3) is 6.90. The number of likely N-dealkylation sites (tertiary alicyclic amines) is 1. The Kier molecular flexibility index (Phi) is 8.06. The maximum Gasteiger partial charge on any atom is 0.410 e. The normalized spacial score (nSPS) is 14.5. The second-order valence-electron chi connectivity index (χ2n) is 6.19. The van der Waals surface area contributed by atoms with Crippen LogP contribution in [0.4, 0.5) is 4.79 Å². The predicted molar refractivity (Wildman–Crippen MR) is 96.3 cm³/mol. The molecule has 0 aromatic heterocycles. The van der Waals surface area contributed by atoms with E-state index in [4.69, 9.17) is 14.3 Å². The Balaban J connectivity index is 1.75. The number of hydroxylamine groups is 2. The van der Waals surface area contributed by atoms with Gasteiger partial charge in [0.25, 0.3) is 0 Å². The Morgan fingerprint density at radius 3 is 2.37 bits per heavy atom. The number of carbonyl (C=O) groups excluding carboxylic acids is 3. The Morgan fingerprint density at radius 2 is 1.78 bits per heavy atom. The lowest BCUT2D eigenvalue weighted by Crippen LogP contribution is -2.45. The number of rotatable bonds is 7. The van der Waals surface area contributed by atoms with Gasteiger partial charge in [-0.25, -0.2) is 9.86 Å². The van der Waals surface area contributed by atoms with Crippen molar-refractivity contribution in [3.63, 3.8) is 0 Å². The van der Waals surface area contributed by atoms with Gasteiger partial charge in [0.05, 0.1) is 12.7 Å². The van der Waals surface area contributed by atoms with Crippen LogP contribution in [0, 0.1) is 0 Å². The molecule has 0 unspecified atom stereocenters. The molecule has 2 rings (SSSR count). The van der Waals surface area contributed by atoms with E-state index in [0.29, 0.717) is 25.9 Å². The summed E-state index contributed by atoms with van der Waals surface area (Å²) in [4.78, 5) is 42.6. The van der Waals surface area contributed by atoms with Crippen LogP contribution in [-0.4, -0.2) is 60.3 Å². The van der Waals surface area contributed by atoms with Gasteiger partial charge >= 0.3 is 12.1 Å². The highest BCUT2D eigenvalue weighted by molar-refractivity contribution is 5.79. The van der Waals surface area contributed by atoms with E-state index in [-0.39, 0.29) is 37.9 Å². The average Bonchev–Trinajstić information content (AvgIpc) is 2.67. The zero-order valence-corrected chi connectivity index (χ0v) is 15.8. The predicted octanol–water partition coefficient (Wildman–Crippen LogP) is 2.13. The lowest BCUT2D eigenvalue weighted by Gasteiger charge is -2.33. The van der Waals surface area contributed by atoms with Crippen molar-refractivity contribution < 1.29 is 28.7 Å². The summed E-state index contributed by atoms with van der Waals surface area (Å²) in [5.74, 6) is -0.887. The number of hydrogen-bond acceptors (Lipinski definition) is 6. The molecule has 8 heteroatoms. The van der Waals surface area contributed by atoms with Crippen LogP contribution in [0.3, 0.4) is 0 Å². The SMILES string of the molecule is CCOC(=O)CN(OC1CCN(C(=O)OCc2ccccc2)CC1)C(C)=O. The van der Waals surface area contributed by atoms with Crippen molar-refractivity contribution >= 4 is 18.0 Å². The molecule has 0 saturated carbocycles. The van der Waals surface area contributed by atoms with Crippen LogP contribution in [0.1, 0.15) is 32.3 Å². The third-order valence-corrected chi connectivity index (χ3v) is 4.11. The molecule has 0 atom stereocenters. The highest BCUT2D eigenvalue weighted by atomic mass is 16.7. The monoisotopic (exact) mass is 378 g/mol. The standard InChI is InChI=1S/C19H26N2O6/c1-3-25-18(23)13-21(15(2)22)27-17-9-11-20(12-10-17)19(24)26-14-16-7-5-4-6-8-16/h4-8,17H,3,9-14H2,1-2H3. The first kappa shape index (κ1) is 20.7. The van der Waals surface area contributed by atoms with Crippen molar-refractivity contribution in [1.29, 1.82) is 0 Å². The highest BCUT2D eigenvalue weighted by Crippen LogP contribution is 2.17. The minimum absolute atomic E-state index is 0.230. The van der Waals surface area contributed by atoms with Crippen LogP contribution in [0.15, 0.2) is 30.3 Å². The van der Waals surface area contributed by atoms with Crippen molar-refractivity contribution in [2.24, 2.45) is 0 Å². The summed E-state index contributed by atoms with van der Waals surface area (Å²) in [6, 6.07) is 9.48. The number of benzene rings is 1. The van der Waals surface area contributed by atoms with Gasteiger partial charge in [0.15, 0.2) is 0 Å². The molecule has 0 N–H and O–H groups in total. The van der Waals surface area contributed by atoms with Gasteiger partial charge in [0.2, 0.25) is 5.91 Å². The zero-order valence-electron chi connectivity index (χ0n) is 15.8. The topological polar surface area (TPSA) is 85.4 Å². The summed E-state index contributed by atoms with van der Waals surface area (Å²) in [6.45, 7) is 4.18. The molecule has 27 heavy (non-hydrogen) atoms. The summed E-state index contributed by atoms with van der Waals surface area (Å²) in [6.07, 6.45) is 0.480. The third-order valence-electron chi connectivity index (χ3n) is 4.11. The van der Waals surface area contributed by atoms with E-state index in [9.17, 15) is 14.4 Å². The largest absolute Gasteiger partial charge is 0.465 e. The van der Waals surface area contributed by atoms with Gasteiger partial charge in [-0.1, -0.05) is 30.3 Å². The molecule has 1 aliphatic heterocycles. The minimum Gasteiger partial charge on any atom is -0.465 e. The smallest absolute Gasteiger partial charge is 0.410 e. The molecule has 0 spiro atoms. The van der Waals surface area contributed by atoms with E-state index in [2.05, 4.69) is 0 Å². The molecule has 148 valence electrons. The van der Waals surface area contributed by atoms with E-state index in [1.165, 1.54) is 6.92 Å². The summed E-state index contributed by atoms with van der Waals surface area (Å²) < 4.78 is 10.2. The Labute approximate surface area is 158 Å². The lowest BCUT2D eigenvalue weighted by atomic mass is 10.1. The molecule has 1 aromatic carbocycles. The van der Waals surface area contributed by atoms with E-state index in [1.54, 1.807) is 11.8 Å². The Hall–Kier alpha value is -2.61. The van der Waals surface area contributed by atoms with Crippen LogP contribution in [0.25, 0.3) is 0 Å². The summed E-state index contributed by atoms with van der Waals surface area (Å²) in [5, 5.41) is 1.02. The maximum atomic E-state index is 12.2. The van der Waals surface area contributed by atoms with Gasteiger partial charge in [-0.05, 0) is 25.3 Å². The van der Waals surface area contributed by atoms with Crippen LogP contribution < -0.4 is 0 Å². The molecule has 0 radical (unpaired) electrons. The van der Waals surface area contributed by atoms with Crippen LogP contribution in [0.5, 0.6) is 0 Å². The quantitative estimate of drug-likeness (QED) is 0.534. The first-order valence-corrected chi connectivity index (χ1v) is 9.05. The number of piperidine rings is 1. The Bertz CT molecular complexity index is 628. The number of hydrogen-bond donors (Lipinski definition) is 0. The highest BCUT2D eigenvalue weighted by Gasteiger charge is 2.27. The molecule has 1 fully saturated rings. The summed E-state index contributed by atoms with van der Waals surface area (Å²) >= 11 is 0. The molecule has 2 amide bonds. The minimum atomic E-state index is -0.519. The number of carbonyl (C=O) groups is 3. The molecular weight excluding hydrogens is 352 g/mol. The molecule has 8 nitrogen and oxygen atoms in total. The summed E-state index contributed by atoms with van der Waals surface area (Å²) in [5.41, 5.74) is 0.931. The molecule has 1 aromatic rings. The Morgan fingerprint density at radius 1 is 1.11 bits per heavy atom. The first-order valence-electron chi connectivity index (χ1n) is 9.05. The van der Waals surface area contributed by atoms with Crippen molar-refractivity contribution in [2.45, 2.75) is 39.4 Å². The van der Waals surface area contributed by atoms with E-state index in [1.807, 2.05) is 30.3 Å². The lowest BCUT2D eigenvalue weighted by molar-refractivity contribution is -0.214. The average molecular weight is 378 g/mol. The van der Waals surface area contributed by atoms with Crippen LogP contribution in [0.2, 0.25) is 0 Å². The molecule has 1 heterocycles. The fourth-order valence-corrected chi connectivity index (χ4v) is 2.68. The van der Waals surface area contributed by atoms with Crippen LogP contribution in [-0.2, 0) is 30.5 Å². The van der Waals surface area contributed by atoms with Crippen molar-refractivity contribution in [3.8, 4) is 0 Å². The molecule has 0 bridgehead atoms. The van der Waals surface area contributed by atoms with Crippen LogP contribution >= 0.6 is 0 Å². The number of nitrogens with zero attached hydrogens (tertiary/aromatic N) is 2. The van der Waals surface area contributed by atoms with Gasteiger partial charge in [-0.2, -0.15) is 0 Å². The number of esters is 1. The van der Waals surface area contributed by atoms with E-state index in [0.717, 1.165) is 10.6 Å². The van der Waals surface area contributed by atoms with Gasteiger partial charge in [-0.15, -0.1) is 0 Å². The van der Waals surface area contributed by atoms with Crippen molar-refractivity contribution in [3.05, 3.63) is 35.9 Å². The van der Waals surface area contributed by atoms with Crippen molar-refractivity contribution in [1.82, 2.24) is 9.96 Å². The van der Waals surface area contributed by atoms with E-state index >= 15 is 0 Å². The number of amides is 2. The number of ether oxygens (including phenoxy) is 2. The zero-order chi connectivity index (χ0) is 19.6. The van der Waals surface area contributed by atoms with Gasteiger partial charge < -0.3 is 14.4 Å². The molecule has 0 aliphatic carbocycles. The fraction of sp³-hybridized carbons (Fsp3) is 0.526. The second-order valence-corrected chi connectivity index (χ2v) is 6.19. The maximum absolute atomic E-state index is 12.2.